The van der Waals surface area contributed by atoms with Crippen LogP contribution in [-0.4, -0.2) is 47.4 Å². The van der Waals surface area contributed by atoms with Gasteiger partial charge in [0, 0.05) is 12.8 Å². The summed E-state index contributed by atoms with van der Waals surface area (Å²) in [5, 5.41) is 23.0. The van der Waals surface area contributed by atoms with E-state index in [9.17, 15) is 19.8 Å². The van der Waals surface area contributed by atoms with Crippen LogP contribution in [0.2, 0.25) is 0 Å². The molecule has 0 aliphatic carbocycles. The maximum atomic E-state index is 12.4. The van der Waals surface area contributed by atoms with E-state index < -0.39 is 12.1 Å². The number of unbranched alkanes of at least 4 members (excludes halogenated alkanes) is 42. The van der Waals surface area contributed by atoms with Gasteiger partial charge in [0.05, 0.1) is 25.4 Å². The van der Waals surface area contributed by atoms with Crippen molar-refractivity contribution in [1.29, 1.82) is 0 Å². The van der Waals surface area contributed by atoms with Crippen LogP contribution in [0.25, 0.3) is 0 Å². The predicted molar refractivity (Wildman–Crippen MR) is 287 cm³/mol. The van der Waals surface area contributed by atoms with Gasteiger partial charge in [-0.05, 0) is 57.8 Å². The molecule has 0 radical (unpaired) electrons. The van der Waals surface area contributed by atoms with Gasteiger partial charge in [-0.2, -0.15) is 0 Å². The Kier molecular flexibility index (Phi) is 54.5. The zero-order chi connectivity index (χ0) is 47.9. The first kappa shape index (κ1) is 64.3. The molecule has 6 heteroatoms. The summed E-state index contributed by atoms with van der Waals surface area (Å²) >= 11 is 0. The minimum Gasteiger partial charge on any atom is -0.466 e. The maximum absolute atomic E-state index is 12.4. The minimum atomic E-state index is -0.843. The average Bonchev–Trinajstić information content (AvgIpc) is 3.32. The molecule has 0 heterocycles. The van der Waals surface area contributed by atoms with Crippen molar-refractivity contribution >= 4 is 11.9 Å². The van der Waals surface area contributed by atoms with Crippen LogP contribution in [0.1, 0.15) is 322 Å². The number of allylic oxidation sites excluding steroid dienone is 3. The van der Waals surface area contributed by atoms with Gasteiger partial charge >= 0.3 is 5.97 Å². The zero-order valence-electron chi connectivity index (χ0n) is 44.4. The van der Waals surface area contributed by atoms with Crippen LogP contribution >= 0.6 is 0 Å². The molecule has 6 nitrogen and oxygen atoms in total. The Hall–Kier alpha value is -1.66. The zero-order valence-corrected chi connectivity index (χ0v) is 44.4. The van der Waals surface area contributed by atoms with Crippen molar-refractivity contribution in [2.75, 3.05) is 13.2 Å². The fourth-order valence-corrected chi connectivity index (χ4v) is 9.16. The van der Waals surface area contributed by atoms with Crippen molar-refractivity contribution in [2.45, 2.75) is 334 Å². The molecule has 0 rings (SSSR count). The van der Waals surface area contributed by atoms with E-state index in [2.05, 4.69) is 31.3 Å². The highest BCUT2D eigenvalue weighted by Gasteiger charge is 2.18. The summed E-state index contributed by atoms with van der Waals surface area (Å²) in [6.07, 6.45) is 67.8. The van der Waals surface area contributed by atoms with Gasteiger partial charge in [-0.3, -0.25) is 9.59 Å². The van der Waals surface area contributed by atoms with Crippen LogP contribution in [-0.2, 0) is 14.3 Å². The standard InChI is InChI=1S/C60H115NO5/c1-3-5-7-9-11-13-15-16-17-18-21-25-28-31-34-38-42-46-50-54-60(65)66-55-51-47-43-39-35-32-29-26-23-20-19-22-24-27-30-33-37-41-45-49-53-59(64)61-57(56-62)58(63)52-48-44-40-36-14-12-10-8-6-4-2/h16-17,48,52,57-58,62-63H,3-15,18-47,49-51,53-56H2,1-2H3,(H,61,64)/b17-16-,52-48+. The van der Waals surface area contributed by atoms with Gasteiger partial charge in [0.15, 0.2) is 0 Å². The van der Waals surface area contributed by atoms with Crippen molar-refractivity contribution in [3.63, 3.8) is 0 Å². The fourth-order valence-electron chi connectivity index (χ4n) is 9.16. The number of esters is 1. The lowest BCUT2D eigenvalue weighted by atomic mass is 10.0. The lowest BCUT2D eigenvalue weighted by molar-refractivity contribution is -0.143. The van der Waals surface area contributed by atoms with Crippen LogP contribution in [0.3, 0.4) is 0 Å². The third-order valence-electron chi connectivity index (χ3n) is 13.7. The molecule has 0 aliphatic heterocycles. The summed E-state index contributed by atoms with van der Waals surface area (Å²) in [4.78, 5) is 24.5. The molecular formula is C60H115NO5. The highest BCUT2D eigenvalue weighted by molar-refractivity contribution is 5.76. The van der Waals surface area contributed by atoms with Gasteiger partial charge in [0.25, 0.3) is 0 Å². The molecule has 0 saturated carbocycles. The highest BCUT2D eigenvalue weighted by atomic mass is 16.5. The molecule has 0 aromatic carbocycles. The molecule has 0 aromatic heterocycles. The summed E-state index contributed by atoms with van der Waals surface area (Å²) in [5.74, 6) is -0.0616. The SMILES string of the molecule is CCCCCCCC/C=C\CCCCCCCCCCCC(=O)OCCCCCCCCCCCCCCCCCCCCCCC(=O)NC(CO)C(O)/C=C/CCCCCCCCCC. The van der Waals surface area contributed by atoms with Crippen molar-refractivity contribution in [3.8, 4) is 0 Å². The Balaban J connectivity index is 3.36. The number of hydrogen-bond acceptors (Lipinski definition) is 5. The van der Waals surface area contributed by atoms with Crippen LogP contribution in [0.5, 0.6) is 0 Å². The van der Waals surface area contributed by atoms with Gasteiger partial charge in [-0.1, -0.05) is 276 Å². The average molecular weight is 931 g/mol. The van der Waals surface area contributed by atoms with E-state index in [-0.39, 0.29) is 18.5 Å². The van der Waals surface area contributed by atoms with Crippen molar-refractivity contribution in [1.82, 2.24) is 5.32 Å². The van der Waals surface area contributed by atoms with E-state index in [1.165, 1.54) is 250 Å². The number of carbonyl (C=O) groups is 2. The number of hydrogen-bond donors (Lipinski definition) is 3. The second-order valence-electron chi connectivity index (χ2n) is 20.3. The summed E-state index contributed by atoms with van der Waals surface area (Å²) in [5.41, 5.74) is 0. The molecule has 2 unspecified atom stereocenters. The Morgan fingerprint density at radius 1 is 0.409 bits per heavy atom. The first-order valence-corrected chi connectivity index (χ1v) is 29.6. The quantitative estimate of drug-likeness (QED) is 0.0321. The van der Waals surface area contributed by atoms with Gasteiger partial charge in [0.2, 0.25) is 5.91 Å². The van der Waals surface area contributed by atoms with Crippen LogP contribution in [0.15, 0.2) is 24.3 Å². The third kappa shape index (κ3) is 51.7. The van der Waals surface area contributed by atoms with Gasteiger partial charge in [0.1, 0.15) is 0 Å². The molecule has 1 amide bonds. The van der Waals surface area contributed by atoms with Crippen LogP contribution in [0, 0.1) is 0 Å². The lowest BCUT2D eigenvalue weighted by Gasteiger charge is -2.20. The monoisotopic (exact) mass is 930 g/mol. The van der Waals surface area contributed by atoms with E-state index >= 15 is 0 Å². The molecule has 390 valence electrons. The highest BCUT2D eigenvalue weighted by Crippen LogP contribution is 2.17. The second-order valence-corrected chi connectivity index (χ2v) is 20.3. The summed E-state index contributed by atoms with van der Waals surface area (Å²) in [7, 11) is 0. The van der Waals surface area contributed by atoms with Crippen LogP contribution < -0.4 is 5.32 Å². The fraction of sp³-hybridized carbons (Fsp3) is 0.900. The van der Waals surface area contributed by atoms with E-state index in [0.29, 0.717) is 19.4 Å². The number of carbonyl (C=O) groups excluding carboxylic acids is 2. The molecule has 0 saturated heterocycles. The Labute approximate surface area is 411 Å². The molecule has 0 aromatic rings. The number of rotatable bonds is 55. The normalized spacial score (nSPS) is 12.7. The van der Waals surface area contributed by atoms with Gasteiger partial charge in [-0.15, -0.1) is 0 Å². The first-order valence-electron chi connectivity index (χ1n) is 29.6. The molecule has 3 N–H and O–H groups in total. The number of nitrogens with one attached hydrogen (secondary N) is 1. The maximum Gasteiger partial charge on any atom is 0.305 e. The molecule has 2 atom stereocenters. The molecule has 66 heavy (non-hydrogen) atoms. The smallest absolute Gasteiger partial charge is 0.305 e. The van der Waals surface area contributed by atoms with E-state index in [4.69, 9.17) is 4.74 Å². The van der Waals surface area contributed by atoms with Crippen molar-refractivity contribution in [3.05, 3.63) is 24.3 Å². The Bertz CT molecular complexity index is 1030. The predicted octanol–water partition coefficient (Wildman–Crippen LogP) is 18.2. The van der Waals surface area contributed by atoms with Gasteiger partial charge in [-0.25, -0.2) is 0 Å². The number of ether oxygens (including phenoxy) is 1. The number of aliphatic hydroxyl groups excluding tert-OH is 2. The first-order chi connectivity index (χ1) is 32.5. The van der Waals surface area contributed by atoms with Gasteiger partial charge < -0.3 is 20.3 Å². The summed E-state index contributed by atoms with van der Waals surface area (Å²) in [6.45, 7) is 4.89. The summed E-state index contributed by atoms with van der Waals surface area (Å²) < 4.78 is 5.50. The lowest BCUT2D eigenvalue weighted by Crippen LogP contribution is -2.45. The van der Waals surface area contributed by atoms with E-state index in [1.807, 2.05) is 6.08 Å². The largest absolute Gasteiger partial charge is 0.466 e. The third-order valence-corrected chi connectivity index (χ3v) is 13.7. The number of aliphatic hydroxyl groups is 2. The number of amides is 1. The van der Waals surface area contributed by atoms with Crippen molar-refractivity contribution in [2.24, 2.45) is 0 Å². The topological polar surface area (TPSA) is 95.9 Å². The second kappa shape index (κ2) is 55.9. The van der Waals surface area contributed by atoms with E-state index in [0.717, 1.165) is 44.9 Å². The van der Waals surface area contributed by atoms with E-state index in [1.54, 1.807) is 6.08 Å². The Morgan fingerprint density at radius 3 is 1.08 bits per heavy atom. The molecule has 0 spiro atoms. The van der Waals surface area contributed by atoms with Crippen molar-refractivity contribution < 1.29 is 24.5 Å². The molecular weight excluding hydrogens is 815 g/mol. The molecule has 0 fully saturated rings. The minimum absolute atomic E-state index is 0.00950. The summed E-state index contributed by atoms with van der Waals surface area (Å²) in [6, 6.07) is -0.627. The Morgan fingerprint density at radius 2 is 0.712 bits per heavy atom. The molecule has 0 aliphatic rings. The molecule has 0 bridgehead atoms. The van der Waals surface area contributed by atoms with Crippen LogP contribution in [0.4, 0.5) is 0 Å².